The number of carbonyl (C=O) groups excluding carboxylic acids is 1. The second kappa shape index (κ2) is 9.30. The van der Waals surface area contributed by atoms with Crippen LogP contribution in [0.15, 0.2) is 90.2 Å². The summed E-state index contributed by atoms with van der Waals surface area (Å²) in [6, 6.07) is 23.5. The number of para-hydroxylation sites is 1. The summed E-state index contributed by atoms with van der Waals surface area (Å²) in [6.45, 7) is 0.214. The van der Waals surface area contributed by atoms with Crippen LogP contribution in [0.2, 0.25) is 0 Å². The maximum atomic E-state index is 13.6. The molecule has 0 fully saturated rings. The number of benzene rings is 3. The fraction of sp³-hybridized carbons (Fsp3) is 0.0800. The van der Waals surface area contributed by atoms with Crippen molar-refractivity contribution in [2.45, 2.75) is 11.8 Å². The minimum absolute atomic E-state index is 0.0695. The molecule has 0 aliphatic rings. The number of H-pyrrole nitrogens is 1. The molecule has 33 heavy (non-hydrogen) atoms. The van der Waals surface area contributed by atoms with E-state index in [9.17, 15) is 9.18 Å². The van der Waals surface area contributed by atoms with Gasteiger partial charge in [-0.25, -0.2) is 4.39 Å². The van der Waals surface area contributed by atoms with Gasteiger partial charge in [0, 0.05) is 28.4 Å². The van der Waals surface area contributed by atoms with Gasteiger partial charge in [-0.3, -0.25) is 9.36 Å². The molecule has 6 nitrogen and oxygen atoms in total. The van der Waals surface area contributed by atoms with Gasteiger partial charge in [-0.15, -0.1) is 10.2 Å². The van der Waals surface area contributed by atoms with Crippen LogP contribution in [0.3, 0.4) is 0 Å². The quantitative estimate of drug-likeness (QED) is 0.262. The molecular weight excluding hydrogens is 439 g/mol. The van der Waals surface area contributed by atoms with Crippen molar-refractivity contribution < 1.29 is 13.9 Å². The third-order valence-electron chi connectivity index (χ3n) is 5.11. The SMILES string of the molecule is O=C(CSc1nnc(-c2c[nH]c3ccccc23)n1-c1ccc(F)cc1)OCc1ccccc1. The van der Waals surface area contributed by atoms with Gasteiger partial charge in [0.05, 0.1) is 5.75 Å². The average Bonchev–Trinajstić information content (AvgIpc) is 3.46. The third-order valence-corrected chi connectivity index (χ3v) is 6.01. The van der Waals surface area contributed by atoms with E-state index in [4.69, 9.17) is 4.74 Å². The number of hydrogen-bond acceptors (Lipinski definition) is 5. The van der Waals surface area contributed by atoms with Gasteiger partial charge < -0.3 is 9.72 Å². The number of aromatic amines is 1. The lowest BCUT2D eigenvalue weighted by molar-refractivity contribution is -0.141. The zero-order valence-electron chi connectivity index (χ0n) is 17.4. The van der Waals surface area contributed by atoms with E-state index in [-0.39, 0.29) is 24.1 Å². The highest BCUT2D eigenvalue weighted by Gasteiger charge is 2.20. The van der Waals surface area contributed by atoms with Gasteiger partial charge in [0.15, 0.2) is 11.0 Å². The highest BCUT2D eigenvalue weighted by molar-refractivity contribution is 7.99. The standard InChI is InChI=1S/C25H19FN4O2S/c26-18-10-12-19(13-11-18)30-24(21-14-27-22-9-5-4-8-20(21)22)28-29-25(30)33-16-23(31)32-15-17-6-2-1-3-7-17/h1-14,27H,15-16H2. The third kappa shape index (κ3) is 4.51. The number of halogens is 1. The van der Waals surface area contributed by atoms with Gasteiger partial charge >= 0.3 is 5.97 Å². The van der Waals surface area contributed by atoms with Crippen molar-refractivity contribution in [1.82, 2.24) is 19.7 Å². The van der Waals surface area contributed by atoms with E-state index in [1.807, 2.05) is 65.4 Å². The number of rotatable bonds is 7. The second-order valence-electron chi connectivity index (χ2n) is 7.30. The van der Waals surface area contributed by atoms with Crippen molar-refractivity contribution in [2.24, 2.45) is 0 Å². The fourth-order valence-electron chi connectivity index (χ4n) is 3.52. The Hall–Kier alpha value is -3.91. The van der Waals surface area contributed by atoms with E-state index in [0.29, 0.717) is 16.7 Å². The van der Waals surface area contributed by atoms with Gasteiger partial charge in [-0.05, 0) is 35.9 Å². The van der Waals surface area contributed by atoms with Crippen LogP contribution in [0, 0.1) is 5.82 Å². The molecule has 5 aromatic rings. The van der Waals surface area contributed by atoms with E-state index in [1.54, 1.807) is 12.1 Å². The number of nitrogens with one attached hydrogen (secondary N) is 1. The molecule has 0 saturated heterocycles. The van der Waals surface area contributed by atoms with Gasteiger partial charge in [0.25, 0.3) is 0 Å². The Kier molecular flexibility index (Phi) is 5.91. The lowest BCUT2D eigenvalue weighted by atomic mass is 10.1. The molecule has 0 amide bonds. The number of esters is 1. The van der Waals surface area contributed by atoms with Crippen LogP contribution in [-0.2, 0) is 16.1 Å². The average molecular weight is 459 g/mol. The number of nitrogens with zero attached hydrogens (tertiary/aromatic N) is 3. The summed E-state index contributed by atoms with van der Waals surface area (Å²) in [7, 11) is 0. The Morgan fingerprint density at radius 2 is 1.73 bits per heavy atom. The summed E-state index contributed by atoms with van der Waals surface area (Å²) in [4.78, 5) is 15.6. The maximum Gasteiger partial charge on any atom is 0.316 e. The molecule has 0 atom stereocenters. The van der Waals surface area contributed by atoms with Crippen LogP contribution >= 0.6 is 11.8 Å². The molecule has 0 spiro atoms. The van der Waals surface area contributed by atoms with Crippen LogP contribution in [-0.4, -0.2) is 31.5 Å². The molecular formula is C25H19FN4O2S. The summed E-state index contributed by atoms with van der Waals surface area (Å²) in [6.07, 6.45) is 1.87. The Bertz CT molecular complexity index is 1400. The second-order valence-corrected chi connectivity index (χ2v) is 8.24. The van der Waals surface area contributed by atoms with Gasteiger partial charge in [0.1, 0.15) is 12.4 Å². The lowest BCUT2D eigenvalue weighted by Gasteiger charge is -2.10. The molecule has 2 heterocycles. The lowest BCUT2D eigenvalue weighted by Crippen LogP contribution is -2.08. The number of carbonyl (C=O) groups is 1. The maximum absolute atomic E-state index is 13.6. The Balaban J connectivity index is 1.42. The first-order valence-electron chi connectivity index (χ1n) is 10.3. The molecule has 3 aromatic carbocycles. The molecule has 0 unspecified atom stereocenters. The van der Waals surface area contributed by atoms with E-state index >= 15 is 0 Å². The minimum Gasteiger partial charge on any atom is -0.460 e. The molecule has 164 valence electrons. The first kappa shape index (κ1) is 21.0. The molecule has 0 aliphatic heterocycles. The van der Waals surface area contributed by atoms with Gasteiger partial charge in [-0.2, -0.15) is 0 Å². The highest BCUT2D eigenvalue weighted by Crippen LogP contribution is 2.32. The first-order valence-corrected chi connectivity index (χ1v) is 11.3. The Morgan fingerprint density at radius 3 is 2.55 bits per heavy atom. The molecule has 8 heteroatoms. The summed E-state index contributed by atoms with van der Waals surface area (Å²) >= 11 is 1.22. The minimum atomic E-state index is -0.355. The van der Waals surface area contributed by atoms with E-state index in [0.717, 1.165) is 22.0 Å². The Labute approximate surface area is 193 Å². The number of thioether (sulfide) groups is 1. The molecule has 0 saturated carbocycles. The summed E-state index contributed by atoms with van der Waals surface area (Å²) in [5, 5.41) is 10.2. The van der Waals surface area contributed by atoms with Gasteiger partial charge in [-0.1, -0.05) is 60.3 Å². The zero-order chi connectivity index (χ0) is 22.6. The molecule has 0 aliphatic carbocycles. The molecule has 5 rings (SSSR count). The largest absolute Gasteiger partial charge is 0.460 e. The van der Waals surface area contributed by atoms with E-state index in [1.165, 1.54) is 23.9 Å². The summed E-state index contributed by atoms with van der Waals surface area (Å²) in [5.41, 5.74) is 3.45. The number of ether oxygens (including phenoxy) is 1. The number of fused-ring (bicyclic) bond motifs is 1. The first-order chi connectivity index (χ1) is 16.2. The van der Waals surface area contributed by atoms with Crippen LogP contribution in [0.5, 0.6) is 0 Å². The van der Waals surface area contributed by atoms with Gasteiger partial charge in [0.2, 0.25) is 0 Å². The molecule has 2 aromatic heterocycles. The monoisotopic (exact) mass is 458 g/mol. The predicted octanol–water partition coefficient (Wildman–Crippen LogP) is 5.39. The fourth-order valence-corrected chi connectivity index (χ4v) is 4.27. The summed E-state index contributed by atoms with van der Waals surface area (Å²) in [5.74, 6) is -0.0235. The van der Waals surface area contributed by atoms with Crippen molar-refractivity contribution in [1.29, 1.82) is 0 Å². The Morgan fingerprint density at radius 1 is 0.970 bits per heavy atom. The van der Waals surface area contributed by atoms with Crippen molar-refractivity contribution in [3.8, 4) is 17.1 Å². The zero-order valence-corrected chi connectivity index (χ0v) is 18.3. The van der Waals surface area contributed by atoms with E-state index in [2.05, 4.69) is 15.2 Å². The van der Waals surface area contributed by atoms with Crippen LogP contribution < -0.4 is 0 Å². The molecule has 0 radical (unpaired) electrons. The normalized spacial score (nSPS) is 11.1. The molecule has 0 bridgehead atoms. The summed E-state index contributed by atoms with van der Waals surface area (Å²) < 4.78 is 20.8. The van der Waals surface area contributed by atoms with Crippen molar-refractivity contribution in [3.05, 3.63) is 96.4 Å². The number of aromatic nitrogens is 4. The van der Waals surface area contributed by atoms with Crippen molar-refractivity contribution >= 4 is 28.6 Å². The van der Waals surface area contributed by atoms with Crippen LogP contribution in [0.25, 0.3) is 28.0 Å². The highest BCUT2D eigenvalue weighted by atomic mass is 32.2. The predicted molar refractivity (Wildman–Crippen MR) is 126 cm³/mol. The number of hydrogen-bond donors (Lipinski definition) is 1. The van der Waals surface area contributed by atoms with Crippen molar-refractivity contribution in [2.75, 3.05) is 5.75 Å². The van der Waals surface area contributed by atoms with Crippen LogP contribution in [0.1, 0.15) is 5.56 Å². The van der Waals surface area contributed by atoms with Crippen molar-refractivity contribution in [3.63, 3.8) is 0 Å². The van der Waals surface area contributed by atoms with Crippen LogP contribution in [0.4, 0.5) is 4.39 Å². The smallest absolute Gasteiger partial charge is 0.316 e. The topological polar surface area (TPSA) is 72.8 Å². The van der Waals surface area contributed by atoms with E-state index < -0.39 is 0 Å². The molecule has 1 N–H and O–H groups in total.